The number of hydrogen-bond acceptors (Lipinski definition) is 3. The fourth-order valence-electron chi connectivity index (χ4n) is 3.48. The van der Waals surface area contributed by atoms with Crippen molar-refractivity contribution in [3.8, 4) is 0 Å². The number of fused-ring (bicyclic) bond motifs is 1. The molecule has 0 unspecified atom stereocenters. The molecule has 0 aliphatic carbocycles. The van der Waals surface area contributed by atoms with Crippen LogP contribution in [-0.4, -0.2) is 38.7 Å². The van der Waals surface area contributed by atoms with E-state index >= 15 is 0 Å². The fourth-order valence-corrected chi connectivity index (χ4v) is 4.17. The predicted octanol–water partition coefficient (Wildman–Crippen LogP) is 2.99. The van der Waals surface area contributed by atoms with Crippen LogP contribution < -0.4 is 4.72 Å². The molecule has 2 aromatic carbocycles. The van der Waals surface area contributed by atoms with E-state index in [0.717, 1.165) is 32.5 Å². The summed E-state index contributed by atoms with van der Waals surface area (Å²) in [7, 11) is -3.09. The van der Waals surface area contributed by atoms with Gasteiger partial charge >= 0.3 is 0 Å². The number of hydrogen-bond donors (Lipinski definition) is 1. The third-order valence-corrected chi connectivity index (χ3v) is 6.22. The number of piperidine rings is 1. The first-order valence-electron chi connectivity index (χ1n) is 8.74. The van der Waals surface area contributed by atoms with Crippen LogP contribution >= 0.6 is 0 Å². The zero-order chi connectivity index (χ0) is 17.0. The Morgan fingerprint density at radius 2 is 1.96 bits per heavy atom. The molecular formula is C19H26N2O2S. The van der Waals surface area contributed by atoms with E-state index in [9.17, 15) is 8.42 Å². The second kappa shape index (κ2) is 7.64. The lowest BCUT2D eigenvalue weighted by atomic mass is 9.97. The molecule has 3 rings (SSSR count). The van der Waals surface area contributed by atoms with Gasteiger partial charge in [0.25, 0.3) is 0 Å². The van der Waals surface area contributed by atoms with Gasteiger partial charge < -0.3 is 0 Å². The lowest BCUT2D eigenvalue weighted by Gasteiger charge is -2.33. The van der Waals surface area contributed by atoms with Crippen molar-refractivity contribution in [2.45, 2.75) is 26.3 Å². The highest BCUT2D eigenvalue weighted by Gasteiger charge is 2.21. The first-order chi connectivity index (χ1) is 11.6. The number of nitrogens with zero attached hydrogens (tertiary/aromatic N) is 1. The summed E-state index contributed by atoms with van der Waals surface area (Å²) in [5, 5.41) is 2.59. The zero-order valence-electron chi connectivity index (χ0n) is 14.2. The molecule has 2 aromatic rings. The molecule has 24 heavy (non-hydrogen) atoms. The summed E-state index contributed by atoms with van der Waals surface area (Å²) in [6, 6.07) is 15.0. The predicted molar refractivity (Wildman–Crippen MR) is 99.4 cm³/mol. The second-order valence-corrected chi connectivity index (χ2v) is 8.73. The number of benzene rings is 2. The van der Waals surface area contributed by atoms with E-state index in [0.29, 0.717) is 12.5 Å². The molecule has 4 nitrogen and oxygen atoms in total. The number of likely N-dealkylation sites (tertiary alicyclic amines) is 1. The van der Waals surface area contributed by atoms with Gasteiger partial charge in [0.05, 0.1) is 5.75 Å². The zero-order valence-corrected chi connectivity index (χ0v) is 15.1. The molecule has 0 radical (unpaired) electrons. The maximum Gasteiger partial charge on any atom is 0.211 e. The third kappa shape index (κ3) is 4.35. The molecule has 1 fully saturated rings. The normalized spacial score (nSPS) is 19.6. The van der Waals surface area contributed by atoms with E-state index < -0.39 is 10.0 Å². The number of sulfonamides is 1. The Labute approximate surface area is 144 Å². The topological polar surface area (TPSA) is 49.4 Å². The molecule has 1 aliphatic rings. The van der Waals surface area contributed by atoms with Crippen LogP contribution in [0, 0.1) is 5.92 Å². The molecule has 130 valence electrons. The smallest absolute Gasteiger partial charge is 0.211 e. The minimum atomic E-state index is -3.09. The van der Waals surface area contributed by atoms with Crippen LogP contribution in [0.4, 0.5) is 0 Å². The van der Waals surface area contributed by atoms with Gasteiger partial charge in [-0.1, -0.05) is 42.5 Å². The van der Waals surface area contributed by atoms with Gasteiger partial charge in [-0.25, -0.2) is 13.1 Å². The van der Waals surface area contributed by atoms with E-state index in [2.05, 4.69) is 52.1 Å². The van der Waals surface area contributed by atoms with Gasteiger partial charge in [-0.2, -0.15) is 0 Å². The van der Waals surface area contributed by atoms with Crippen LogP contribution in [0.1, 0.15) is 25.3 Å². The van der Waals surface area contributed by atoms with Gasteiger partial charge in [-0.15, -0.1) is 0 Å². The van der Waals surface area contributed by atoms with Crippen molar-refractivity contribution in [1.82, 2.24) is 9.62 Å². The van der Waals surface area contributed by atoms with Crippen molar-refractivity contribution in [3.63, 3.8) is 0 Å². The summed E-state index contributed by atoms with van der Waals surface area (Å²) in [4.78, 5) is 2.45. The molecule has 1 saturated heterocycles. The fraction of sp³-hybridized carbons (Fsp3) is 0.474. The first kappa shape index (κ1) is 17.4. The van der Waals surface area contributed by atoms with E-state index in [4.69, 9.17) is 0 Å². The van der Waals surface area contributed by atoms with E-state index in [1.807, 2.05) is 0 Å². The molecule has 1 N–H and O–H groups in total. The molecular weight excluding hydrogens is 320 g/mol. The number of nitrogens with one attached hydrogen (secondary N) is 1. The average Bonchev–Trinajstić information content (AvgIpc) is 2.61. The summed E-state index contributed by atoms with van der Waals surface area (Å²) in [5.74, 6) is 0.550. The van der Waals surface area contributed by atoms with Crippen LogP contribution in [0.25, 0.3) is 10.8 Å². The van der Waals surface area contributed by atoms with Gasteiger partial charge in [0.15, 0.2) is 0 Å². The Morgan fingerprint density at radius 1 is 1.17 bits per heavy atom. The minimum absolute atomic E-state index is 0.152. The second-order valence-electron chi connectivity index (χ2n) is 6.63. The van der Waals surface area contributed by atoms with E-state index in [1.54, 1.807) is 6.92 Å². The third-order valence-electron chi connectivity index (χ3n) is 4.85. The van der Waals surface area contributed by atoms with Gasteiger partial charge in [-0.3, -0.25) is 4.90 Å². The molecule has 5 heteroatoms. The Kier molecular flexibility index (Phi) is 5.54. The molecule has 0 bridgehead atoms. The monoisotopic (exact) mass is 346 g/mol. The largest absolute Gasteiger partial charge is 0.299 e. The van der Waals surface area contributed by atoms with Gasteiger partial charge in [0.1, 0.15) is 0 Å². The van der Waals surface area contributed by atoms with Crippen molar-refractivity contribution < 1.29 is 8.42 Å². The van der Waals surface area contributed by atoms with Gasteiger partial charge in [0.2, 0.25) is 10.0 Å². The molecule has 1 aliphatic heterocycles. The van der Waals surface area contributed by atoms with Crippen LogP contribution in [0.15, 0.2) is 42.5 Å². The first-order valence-corrected chi connectivity index (χ1v) is 10.4. The highest BCUT2D eigenvalue weighted by Crippen LogP contribution is 2.23. The van der Waals surface area contributed by atoms with E-state index in [-0.39, 0.29) is 5.75 Å². The summed E-state index contributed by atoms with van der Waals surface area (Å²) >= 11 is 0. The summed E-state index contributed by atoms with van der Waals surface area (Å²) in [6.07, 6.45) is 2.22. The summed E-state index contributed by atoms with van der Waals surface area (Å²) < 4.78 is 26.0. The van der Waals surface area contributed by atoms with Crippen LogP contribution in [0.5, 0.6) is 0 Å². The molecule has 0 amide bonds. The summed E-state index contributed by atoms with van der Waals surface area (Å²) in [6.45, 7) is 5.20. The molecule has 0 aromatic heterocycles. The van der Waals surface area contributed by atoms with Crippen LogP contribution in [0.2, 0.25) is 0 Å². The molecule has 1 heterocycles. The summed E-state index contributed by atoms with van der Waals surface area (Å²) in [5.41, 5.74) is 1.35. The lowest BCUT2D eigenvalue weighted by molar-refractivity contribution is 0.169. The standard InChI is InChI=1S/C19H26N2O2S/c1-2-24(22,23)20-13-16-7-6-12-21(14-16)15-18-10-5-9-17-8-3-4-11-19(17)18/h3-5,8-11,16,20H,2,6-7,12-15H2,1H3/t16-/m1/s1. The minimum Gasteiger partial charge on any atom is -0.299 e. The lowest BCUT2D eigenvalue weighted by Crippen LogP contribution is -2.40. The Bertz CT molecular complexity index is 784. The van der Waals surface area contributed by atoms with Crippen molar-refractivity contribution in [3.05, 3.63) is 48.0 Å². The average molecular weight is 346 g/mol. The Hall–Kier alpha value is -1.43. The van der Waals surface area contributed by atoms with Gasteiger partial charge in [0, 0.05) is 19.6 Å². The molecule has 0 spiro atoms. The van der Waals surface area contributed by atoms with E-state index in [1.165, 1.54) is 16.3 Å². The van der Waals surface area contributed by atoms with Crippen LogP contribution in [-0.2, 0) is 16.6 Å². The van der Waals surface area contributed by atoms with Gasteiger partial charge in [-0.05, 0) is 48.6 Å². The highest BCUT2D eigenvalue weighted by molar-refractivity contribution is 7.89. The SMILES string of the molecule is CCS(=O)(=O)NC[C@H]1CCCN(Cc2cccc3ccccc23)C1. The maximum absolute atomic E-state index is 11.6. The molecule has 0 saturated carbocycles. The van der Waals surface area contributed by atoms with Crippen molar-refractivity contribution >= 4 is 20.8 Å². The number of rotatable bonds is 6. The van der Waals surface area contributed by atoms with Crippen molar-refractivity contribution in [2.75, 3.05) is 25.4 Å². The quantitative estimate of drug-likeness (QED) is 0.875. The Morgan fingerprint density at radius 3 is 2.79 bits per heavy atom. The highest BCUT2D eigenvalue weighted by atomic mass is 32.2. The molecule has 1 atom stereocenters. The maximum atomic E-state index is 11.6. The Balaban J connectivity index is 1.65. The van der Waals surface area contributed by atoms with Crippen molar-refractivity contribution in [2.24, 2.45) is 5.92 Å². The van der Waals surface area contributed by atoms with Crippen LogP contribution in [0.3, 0.4) is 0 Å². The van der Waals surface area contributed by atoms with Crippen molar-refractivity contribution in [1.29, 1.82) is 0 Å².